The molecule has 1 saturated heterocycles. The first-order valence-corrected chi connectivity index (χ1v) is 6.24. The van der Waals surface area contributed by atoms with E-state index in [4.69, 9.17) is 0 Å². The number of allylic oxidation sites excluding steroid dienone is 4. The van der Waals surface area contributed by atoms with Gasteiger partial charge >= 0.3 is 0 Å². The third kappa shape index (κ3) is 1.71. The quantitative estimate of drug-likeness (QED) is 0.675. The minimum Gasteiger partial charge on any atom is -0.372 e. The number of nitrogens with zero attached hydrogens (tertiary/aromatic N) is 2. The van der Waals surface area contributed by atoms with Gasteiger partial charge in [0.15, 0.2) is 0 Å². The van der Waals surface area contributed by atoms with Crippen LogP contribution >= 0.6 is 0 Å². The average molecular weight is 204 g/mol. The summed E-state index contributed by atoms with van der Waals surface area (Å²) in [6.45, 7) is 8.42. The van der Waals surface area contributed by atoms with E-state index < -0.39 is 0 Å². The third-order valence-corrected chi connectivity index (χ3v) is 4.03. The highest BCUT2D eigenvalue weighted by Gasteiger charge is 2.41. The molecule has 0 radical (unpaired) electrons. The summed E-state index contributed by atoms with van der Waals surface area (Å²) in [5.74, 6) is 1.76. The fourth-order valence-electron chi connectivity index (χ4n) is 2.85. The molecule has 2 aliphatic carbocycles. The largest absolute Gasteiger partial charge is 0.372 e. The second-order valence-electron chi connectivity index (χ2n) is 4.90. The summed E-state index contributed by atoms with van der Waals surface area (Å²) in [5, 5.41) is 0. The summed E-state index contributed by atoms with van der Waals surface area (Å²) in [4.78, 5) is 5.15. The van der Waals surface area contributed by atoms with Crippen molar-refractivity contribution in [2.75, 3.05) is 32.7 Å². The molecule has 3 rings (SSSR count). The van der Waals surface area contributed by atoms with E-state index in [2.05, 4.69) is 35.0 Å². The minimum atomic E-state index is 0.878. The van der Waals surface area contributed by atoms with Crippen molar-refractivity contribution in [1.82, 2.24) is 9.80 Å². The lowest BCUT2D eigenvalue weighted by Crippen LogP contribution is -2.46. The third-order valence-electron chi connectivity index (χ3n) is 4.03. The van der Waals surface area contributed by atoms with Crippen LogP contribution in [0.5, 0.6) is 0 Å². The van der Waals surface area contributed by atoms with Gasteiger partial charge in [0.1, 0.15) is 0 Å². The number of likely N-dealkylation sites (N-methyl/N-ethyl adjacent to an activating group) is 1. The van der Waals surface area contributed by atoms with Crippen LogP contribution < -0.4 is 0 Å². The van der Waals surface area contributed by atoms with Crippen molar-refractivity contribution in [1.29, 1.82) is 0 Å². The van der Waals surface area contributed by atoms with Gasteiger partial charge in [-0.15, -0.1) is 0 Å². The lowest BCUT2D eigenvalue weighted by Gasteiger charge is -2.37. The number of piperazine rings is 1. The molecule has 2 nitrogen and oxygen atoms in total. The summed E-state index contributed by atoms with van der Waals surface area (Å²) in [7, 11) is 0. The van der Waals surface area contributed by atoms with Crippen molar-refractivity contribution >= 4 is 0 Å². The van der Waals surface area contributed by atoms with Gasteiger partial charge in [0, 0.05) is 37.8 Å². The van der Waals surface area contributed by atoms with Crippen LogP contribution in [0.15, 0.2) is 23.9 Å². The zero-order valence-corrected chi connectivity index (χ0v) is 9.52. The molecule has 2 heteroatoms. The van der Waals surface area contributed by atoms with Gasteiger partial charge in [0.05, 0.1) is 0 Å². The molecule has 2 atom stereocenters. The fourth-order valence-corrected chi connectivity index (χ4v) is 2.85. The van der Waals surface area contributed by atoms with E-state index in [1.54, 1.807) is 5.70 Å². The molecule has 2 unspecified atom stereocenters. The number of fused-ring (bicyclic) bond motifs is 1. The standard InChI is InChI=1S/C13H20N2/c1-2-14-6-8-15(9-7-14)13-5-3-4-11-10-12(11)13/h3-5,11-12H,2,6-10H2,1H3. The Labute approximate surface area is 92.2 Å². The first kappa shape index (κ1) is 9.46. The Bertz CT molecular complexity index is 298. The Hall–Kier alpha value is -0.760. The molecule has 0 N–H and O–H groups in total. The number of hydrogen-bond acceptors (Lipinski definition) is 2. The fraction of sp³-hybridized carbons (Fsp3) is 0.692. The minimum absolute atomic E-state index is 0.878. The van der Waals surface area contributed by atoms with Crippen molar-refractivity contribution in [2.45, 2.75) is 13.3 Å². The Balaban J connectivity index is 1.64. The van der Waals surface area contributed by atoms with E-state index in [-0.39, 0.29) is 0 Å². The van der Waals surface area contributed by atoms with Crippen LogP contribution in [-0.4, -0.2) is 42.5 Å². The van der Waals surface area contributed by atoms with E-state index in [1.165, 1.54) is 39.1 Å². The monoisotopic (exact) mass is 204 g/mol. The first-order valence-electron chi connectivity index (χ1n) is 6.24. The highest BCUT2D eigenvalue weighted by molar-refractivity contribution is 5.29. The average Bonchev–Trinajstić information content (AvgIpc) is 3.08. The Morgan fingerprint density at radius 3 is 2.80 bits per heavy atom. The van der Waals surface area contributed by atoms with Gasteiger partial charge in [-0.3, -0.25) is 0 Å². The van der Waals surface area contributed by atoms with Crippen LogP contribution in [0.1, 0.15) is 13.3 Å². The predicted molar refractivity (Wildman–Crippen MR) is 62.5 cm³/mol. The van der Waals surface area contributed by atoms with Crippen LogP contribution in [-0.2, 0) is 0 Å². The molecule has 0 bridgehead atoms. The summed E-state index contributed by atoms with van der Waals surface area (Å²) in [6.07, 6.45) is 8.37. The number of hydrogen-bond donors (Lipinski definition) is 0. The second-order valence-corrected chi connectivity index (χ2v) is 4.90. The molecule has 1 saturated carbocycles. The van der Waals surface area contributed by atoms with Crippen LogP contribution in [0.25, 0.3) is 0 Å². The van der Waals surface area contributed by atoms with Crippen LogP contribution in [0, 0.1) is 11.8 Å². The van der Waals surface area contributed by atoms with Gasteiger partial charge in [0.25, 0.3) is 0 Å². The van der Waals surface area contributed by atoms with Gasteiger partial charge in [0.2, 0.25) is 0 Å². The zero-order valence-electron chi connectivity index (χ0n) is 9.52. The summed E-state index contributed by atoms with van der Waals surface area (Å²) in [5.41, 5.74) is 1.62. The van der Waals surface area contributed by atoms with E-state index in [1.807, 2.05) is 0 Å². The highest BCUT2D eigenvalue weighted by atomic mass is 15.3. The van der Waals surface area contributed by atoms with Gasteiger partial charge < -0.3 is 9.80 Å². The van der Waals surface area contributed by atoms with Crippen molar-refractivity contribution < 1.29 is 0 Å². The molecule has 0 aromatic heterocycles. The number of rotatable bonds is 2. The molecule has 0 aromatic carbocycles. The Morgan fingerprint density at radius 1 is 1.27 bits per heavy atom. The van der Waals surface area contributed by atoms with Crippen LogP contribution in [0.3, 0.4) is 0 Å². The van der Waals surface area contributed by atoms with E-state index in [0.29, 0.717) is 0 Å². The Kier molecular flexibility index (Phi) is 2.32. The van der Waals surface area contributed by atoms with Crippen LogP contribution in [0.2, 0.25) is 0 Å². The molecular weight excluding hydrogens is 184 g/mol. The molecule has 15 heavy (non-hydrogen) atoms. The highest BCUT2D eigenvalue weighted by Crippen LogP contribution is 2.48. The molecular formula is C13H20N2. The van der Waals surface area contributed by atoms with Crippen molar-refractivity contribution in [3.8, 4) is 0 Å². The summed E-state index contributed by atoms with van der Waals surface area (Å²) in [6, 6.07) is 0. The van der Waals surface area contributed by atoms with E-state index in [9.17, 15) is 0 Å². The lowest BCUT2D eigenvalue weighted by atomic mass is 10.1. The molecule has 0 amide bonds. The topological polar surface area (TPSA) is 6.48 Å². The SMILES string of the molecule is CCN1CCN(C2=CC=CC3CC23)CC1. The van der Waals surface area contributed by atoms with Gasteiger partial charge in [-0.05, 0) is 25.0 Å². The van der Waals surface area contributed by atoms with Gasteiger partial charge in [-0.2, -0.15) is 0 Å². The molecule has 1 aliphatic heterocycles. The lowest BCUT2D eigenvalue weighted by molar-refractivity contribution is 0.159. The van der Waals surface area contributed by atoms with Gasteiger partial charge in [-0.1, -0.05) is 19.1 Å². The summed E-state index contributed by atoms with van der Waals surface area (Å²) >= 11 is 0. The van der Waals surface area contributed by atoms with Gasteiger partial charge in [-0.25, -0.2) is 0 Å². The van der Waals surface area contributed by atoms with E-state index >= 15 is 0 Å². The molecule has 0 aromatic rings. The maximum atomic E-state index is 2.61. The normalized spacial score (nSPS) is 35.0. The Morgan fingerprint density at radius 2 is 2.07 bits per heavy atom. The van der Waals surface area contributed by atoms with Crippen LogP contribution in [0.4, 0.5) is 0 Å². The predicted octanol–water partition coefficient (Wildman–Crippen LogP) is 1.71. The second kappa shape index (κ2) is 3.67. The smallest absolute Gasteiger partial charge is 0.0303 e. The van der Waals surface area contributed by atoms with E-state index in [0.717, 1.165) is 11.8 Å². The van der Waals surface area contributed by atoms with Crippen molar-refractivity contribution in [2.24, 2.45) is 11.8 Å². The van der Waals surface area contributed by atoms with Crippen molar-refractivity contribution in [3.05, 3.63) is 23.9 Å². The maximum Gasteiger partial charge on any atom is 0.0303 e. The molecule has 0 spiro atoms. The zero-order chi connectivity index (χ0) is 10.3. The maximum absolute atomic E-state index is 2.61. The molecule has 82 valence electrons. The molecule has 1 heterocycles. The van der Waals surface area contributed by atoms with Crippen molar-refractivity contribution in [3.63, 3.8) is 0 Å². The molecule has 3 aliphatic rings. The summed E-state index contributed by atoms with van der Waals surface area (Å²) < 4.78 is 0. The molecule has 2 fully saturated rings. The first-order chi connectivity index (χ1) is 7.38.